The monoisotopic (exact) mass is 364 g/mol. The maximum Gasteiger partial charge on any atom is 0.333 e. The molecule has 0 unspecified atom stereocenters. The van der Waals surface area contributed by atoms with E-state index in [1.54, 1.807) is 7.05 Å². The van der Waals surface area contributed by atoms with Gasteiger partial charge in [-0.2, -0.15) is 8.42 Å². The van der Waals surface area contributed by atoms with E-state index in [1.165, 1.54) is 13.8 Å². The fraction of sp³-hybridized carbons (Fsp3) is 0.600. The van der Waals surface area contributed by atoms with Crippen LogP contribution in [0.3, 0.4) is 0 Å². The number of likely N-dealkylation sites (N-methyl/N-ethyl adjacent to an activating group) is 1. The molecule has 0 aliphatic carbocycles. The van der Waals surface area contributed by atoms with Gasteiger partial charge in [-0.15, -0.1) is 0 Å². The molecule has 0 atom stereocenters. The fourth-order valence-electron chi connectivity index (χ4n) is 1.64. The lowest BCUT2D eigenvalue weighted by Gasteiger charge is -2.33. The molecule has 0 saturated heterocycles. The molecule has 0 aliphatic rings. The van der Waals surface area contributed by atoms with Gasteiger partial charge in [-0.1, -0.05) is 13.2 Å². The lowest BCUT2D eigenvalue weighted by molar-refractivity contribution is -0.907. The number of rotatable bonds is 11. The van der Waals surface area contributed by atoms with Crippen molar-refractivity contribution in [3.8, 4) is 0 Å². The van der Waals surface area contributed by atoms with Crippen molar-refractivity contribution in [2.75, 3.05) is 45.6 Å². The van der Waals surface area contributed by atoms with Gasteiger partial charge in [0.1, 0.15) is 32.1 Å². The van der Waals surface area contributed by atoms with Gasteiger partial charge in [0.2, 0.25) is 0 Å². The maximum absolute atomic E-state index is 11.4. The van der Waals surface area contributed by atoms with E-state index in [0.29, 0.717) is 13.1 Å². The molecule has 0 bridgehead atoms. The Balaban J connectivity index is 4.69. The second kappa shape index (κ2) is 9.55. The van der Waals surface area contributed by atoms with E-state index in [4.69, 9.17) is 14.0 Å². The molecule has 1 N–H and O–H groups in total. The first-order chi connectivity index (χ1) is 10.9. The molecular formula is C15H26NO7S+. The van der Waals surface area contributed by atoms with Gasteiger partial charge in [0, 0.05) is 11.1 Å². The van der Waals surface area contributed by atoms with Crippen molar-refractivity contribution in [3.63, 3.8) is 0 Å². The number of nitrogens with zero attached hydrogens (tertiary/aromatic N) is 1. The third kappa shape index (κ3) is 10.1. The molecule has 0 fully saturated rings. The van der Waals surface area contributed by atoms with E-state index in [9.17, 15) is 18.0 Å². The molecule has 0 heterocycles. The van der Waals surface area contributed by atoms with Gasteiger partial charge in [0.25, 0.3) is 10.1 Å². The van der Waals surface area contributed by atoms with E-state index in [1.807, 2.05) is 0 Å². The Morgan fingerprint density at radius 3 is 1.62 bits per heavy atom. The highest BCUT2D eigenvalue weighted by molar-refractivity contribution is 7.85. The van der Waals surface area contributed by atoms with Crippen LogP contribution in [0.1, 0.15) is 13.8 Å². The lowest BCUT2D eigenvalue weighted by Crippen LogP contribution is -2.51. The quantitative estimate of drug-likeness (QED) is 0.247. The van der Waals surface area contributed by atoms with Crippen LogP contribution in [0.25, 0.3) is 0 Å². The summed E-state index contributed by atoms with van der Waals surface area (Å²) in [5.74, 6) is -1.53. The normalized spacial score (nSPS) is 11.7. The first kappa shape index (κ1) is 22.3. The van der Waals surface area contributed by atoms with Crippen LogP contribution >= 0.6 is 0 Å². The molecule has 9 heteroatoms. The average Bonchev–Trinajstić information content (AvgIpc) is 2.44. The summed E-state index contributed by atoms with van der Waals surface area (Å²) >= 11 is 0. The minimum absolute atomic E-state index is 0.0438. The summed E-state index contributed by atoms with van der Waals surface area (Å²) in [6.07, 6.45) is 0. The minimum atomic E-state index is -4.13. The van der Waals surface area contributed by atoms with E-state index < -0.39 is 27.8 Å². The molecular weight excluding hydrogens is 338 g/mol. The second-order valence-corrected chi connectivity index (χ2v) is 7.48. The smallest absolute Gasteiger partial charge is 0.333 e. The first-order valence-corrected chi connectivity index (χ1v) is 8.91. The second-order valence-electron chi connectivity index (χ2n) is 5.91. The topological polar surface area (TPSA) is 107 Å². The van der Waals surface area contributed by atoms with Gasteiger partial charge in [0.05, 0.1) is 13.6 Å². The molecule has 138 valence electrons. The van der Waals surface area contributed by atoms with Crippen LogP contribution in [-0.4, -0.2) is 75.0 Å². The Morgan fingerprint density at radius 2 is 1.33 bits per heavy atom. The van der Waals surface area contributed by atoms with E-state index >= 15 is 0 Å². The van der Waals surface area contributed by atoms with Crippen LogP contribution in [0.5, 0.6) is 0 Å². The summed E-state index contributed by atoms with van der Waals surface area (Å²) in [5, 5.41) is 0. The third-order valence-corrected chi connectivity index (χ3v) is 4.01. The number of hydrogen-bond donors (Lipinski definition) is 1. The van der Waals surface area contributed by atoms with E-state index in [-0.39, 0.29) is 35.4 Å². The molecule has 0 aliphatic heterocycles. The van der Waals surface area contributed by atoms with Crippen LogP contribution in [0.2, 0.25) is 0 Å². The van der Waals surface area contributed by atoms with Crippen molar-refractivity contribution in [1.82, 2.24) is 0 Å². The van der Waals surface area contributed by atoms with Gasteiger partial charge in [0.15, 0.2) is 0 Å². The minimum Gasteiger partial charge on any atom is -0.456 e. The summed E-state index contributed by atoms with van der Waals surface area (Å²) in [6, 6.07) is 0. The molecule has 0 saturated carbocycles. The molecule has 8 nitrogen and oxygen atoms in total. The highest BCUT2D eigenvalue weighted by Crippen LogP contribution is 2.06. The van der Waals surface area contributed by atoms with Gasteiger partial charge in [-0.05, 0) is 13.8 Å². The van der Waals surface area contributed by atoms with Gasteiger partial charge < -0.3 is 14.0 Å². The highest BCUT2D eigenvalue weighted by Gasteiger charge is 2.25. The van der Waals surface area contributed by atoms with E-state index in [2.05, 4.69) is 13.2 Å². The van der Waals surface area contributed by atoms with Crippen molar-refractivity contribution < 1.29 is 36.5 Å². The van der Waals surface area contributed by atoms with Crippen LogP contribution in [-0.2, 0) is 29.2 Å². The Labute approximate surface area is 143 Å². The van der Waals surface area contributed by atoms with Crippen molar-refractivity contribution in [1.29, 1.82) is 0 Å². The van der Waals surface area contributed by atoms with Gasteiger partial charge in [-0.3, -0.25) is 4.55 Å². The zero-order chi connectivity index (χ0) is 19.0. The fourth-order valence-corrected chi connectivity index (χ4v) is 2.31. The molecule has 0 amide bonds. The molecule has 0 aromatic rings. The zero-order valence-electron chi connectivity index (χ0n) is 14.4. The molecule has 24 heavy (non-hydrogen) atoms. The predicted molar refractivity (Wildman–Crippen MR) is 88.7 cm³/mol. The van der Waals surface area contributed by atoms with Crippen molar-refractivity contribution in [2.24, 2.45) is 0 Å². The van der Waals surface area contributed by atoms with Crippen molar-refractivity contribution in [3.05, 3.63) is 24.3 Å². The molecule has 0 radical (unpaired) electrons. The van der Waals surface area contributed by atoms with Crippen LogP contribution in [0.15, 0.2) is 24.3 Å². The summed E-state index contributed by atoms with van der Waals surface area (Å²) in [5.41, 5.74) is 0.523. The summed E-state index contributed by atoms with van der Waals surface area (Å²) in [4.78, 5) is 22.8. The Hall–Kier alpha value is -1.71. The number of esters is 2. The first-order valence-electron chi connectivity index (χ1n) is 7.30. The summed E-state index contributed by atoms with van der Waals surface area (Å²) in [6.45, 7) is 10.7. The Kier molecular flexibility index (Phi) is 8.87. The lowest BCUT2D eigenvalue weighted by atomic mass is 10.3. The SMILES string of the molecule is C=C(C)C(=O)OCC[N+](C)(CCOC(=O)C(=C)C)CCS(=O)(=O)O. The predicted octanol–water partition coefficient (Wildman–Crippen LogP) is 0.559. The third-order valence-electron chi connectivity index (χ3n) is 3.31. The largest absolute Gasteiger partial charge is 0.456 e. The van der Waals surface area contributed by atoms with Crippen LogP contribution in [0.4, 0.5) is 0 Å². The maximum atomic E-state index is 11.4. The summed E-state index contributed by atoms with van der Waals surface area (Å²) < 4.78 is 41.0. The number of hydrogen-bond acceptors (Lipinski definition) is 6. The Bertz CT molecular complexity index is 563. The van der Waals surface area contributed by atoms with Crippen molar-refractivity contribution in [2.45, 2.75) is 13.8 Å². The summed E-state index contributed by atoms with van der Waals surface area (Å²) in [7, 11) is -2.41. The van der Waals surface area contributed by atoms with Crippen molar-refractivity contribution >= 4 is 22.1 Å². The number of carbonyl (C=O) groups excluding carboxylic acids is 2. The molecule has 0 aromatic carbocycles. The van der Waals surface area contributed by atoms with E-state index in [0.717, 1.165) is 0 Å². The van der Waals surface area contributed by atoms with Gasteiger partial charge in [-0.25, -0.2) is 9.59 Å². The number of carbonyl (C=O) groups is 2. The standard InChI is InChI=1S/C15H25NO7S/c1-12(2)14(17)22-9-6-16(5,8-11-24(19,20)21)7-10-23-15(18)13(3)4/h1,3,6-11H2,2,4-5H3/p+1. The van der Waals surface area contributed by atoms with Gasteiger partial charge >= 0.3 is 11.9 Å². The highest BCUT2D eigenvalue weighted by atomic mass is 32.2. The number of quaternary nitrogens is 1. The number of ether oxygens (including phenoxy) is 2. The molecule has 0 rings (SSSR count). The van der Waals surface area contributed by atoms with Crippen LogP contribution < -0.4 is 0 Å². The Morgan fingerprint density at radius 1 is 0.958 bits per heavy atom. The van der Waals surface area contributed by atoms with Crippen LogP contribution in [0, 0.1) is 0 Å². The molecule has 0 aromatic heterocycles. The molecule has 0 spiro atoms. The average molecular weight is 364 g/mol. The zero-order valence-corrected chi connectivity index (χ0v) is 15.2.